The summed E-state index contributed by atoms with van der Waals surface area (Å²) in [5.41, 5.74) is 2.21. The van der Waals surface area contributed by atoms with Crippen molar-refractivity contribution >= 4 is 16.7 Å². The summed E-state index contributed by atoms with van der Waals surface area (Å²) in [6, 6.07) is 20.6. The average molecular weight is 377 g/mol. The molecule has 0 amide bonds. The van der Waals surface area contributed by atoms with Gasteiger partial charge in [-0.15, -0.1) is 0 Å². The van der Waals surface area contributed by atoms with E-state index >= 15 is 0 Å². The quantitative estimate of drug-likeness (QED) is 0.464. The van der Waals surface area contributed by atoms with Crippen molar-refractivity contribution < 1.29 is 4.74 Å². The second kappa shape index (κ2) is 10.4. The van der Waals surface area contributed by atoms with Crippen LogP contribution in [0.1, 0.15) is 18.2 Å². The number of fused-ring (bicyclic) bond motifs is 1. The van der Waals surface area contributed by atoms with Crippen LogP contribution in [0.15, 0.2) is 71.9 Å². The van der Waals surface area contributed by atoms with Crippen LogP contribution in [0, 0.1) is 5.92 Å². The zero-order valence-electron chi connectivity index (χ0n) is 16.6. The highest BCUT2D eigenvalue weighted by atomic mass is 16.5. The molecule has 0 radical (unpaired) electrons. The Morgan fingerprint density at radius 1 is 1.04 bits per heavy atom. The van der Waals surface area contributed by atoms with Crippen LogP contribution >= 0.6 is 0 Å². The van der Waals surface area contributed by atoms with Gasteiger partial charge in [0.15, 0.2) is 5.96 Å². The molecular weight excluding hydrogens is 348 g/mol. The van der Waals surface area contributed by atoms with E-state index in [1.54, 1.807) is 7.05 Å². The van der Waals surface area contributed by atoms with Gasteiger partial charge in [0.2, 0.25) is 0 Å². The summed E-state index contributed by atoms with van der Waals surface area (Å²) in [7, 11) is 1.78. The number of hydrogen-bond acceptors (Lipinski definition) is 3. The summed E-state index contributed by atoms with van der Waals surface area (Å²) in [5, 5.41) is 9.08. The van der Waals surface area contributed by atoms with Crippen molar-refractivity contribution in [3.8, 4) is 0 Å². The third kappa shape index (κ3) is 5.79. The number of nitrogens with one attached hydrogen (secondary N) is 2. The van der Waals surface area contributed by atoms with Crippen molar-refractivity contribution in [1.82, 2.24) is 15.6 Å². The molecule has 1 aromatic heterocycles. The van der Waals surface area contributed by atoms with Gasteiger partial charge in [0.1, 0.15) is 0 Å². The fraction of sp³-hybridized carbons (Fsp3) is 0.304. The minimum absolute atomic E-state index is 0.373. The van der Waals surface area contributed by atoms with Crippen molar-refractivity contribution in [3.05, 3.63) is 78.1 Å². The van der Waals surface area contributed by atoms with Gasteiger partial charge < -0.3 is 15.4 Å². The van der Waals surface area contributed by atoms with Crippen molar-refractivity contribution in [3.63, 3.8) is 0 Å². The third-order valence-corrected chi connectivity index (χ3v) is 4.53. The Morgan fingerprint density at radius 3 is 2.64 bits per heavy atom. The van der Waals surface area contributed by atoms with Crippen LogP contribution in [0.3, 0.4) is 0 Å². The van der Waals surface area contributed by atoms with E-state index in [0.717, 1.165) is 23.6 Å². The third-order valence-electron chi connectivity index (χ3n) is 4.53. The molecule has 0 fully saturated rings. The largest absolute Gasteiger partial charge is 0.376 e. The number of hydrogen-bond donors (Lipinski definition) is 2. The molecule has 0 saturated carbocycles. The molecule has 0 aliphatic carbocycles. The van der Waals surface area contributed by atoms with Crippen molar-refractivity contribution in [1.29, 1.82) is 0 Å². The zero-order chi connectivity index (χ0) is 19.6. The Labute approximate surface area is 166 Å². The molecule has 28 heavy (non-hydrogen) atoms. The SMILES string of the molecule is CN=C(NCc1nccc2ccccc12)NCC(C)COCc1ccccc1. The van der Waals surface area contributed by atoms with E-state index in [0.29, 0.717) is 25.7 Å². The van der Waals surface area contributed by atoms with Crippen LogP contribution in [0.4, 0.5) is 0 Å². The summed E-state index contributed by atoms with van der Waals surface area (Å²) in [6.07, 6.45) is 1.85. The normalized spacial score (nSPS) is 12.7. The number of guanidine groups is 1. The van der Waals surface area contributed by atoms with E-state index in [1.165, 1.54) is 10.9 Å². The highest BCUT2D eigenvalue weighted by Gasteiger charge is 2.06. The van der Waals surface area contributed by atoms with E-state index in [2.05, 4.69) is 51.8 Å². The molecule has 0 bridgehead atoms. The van der Waals surface area contributed by atoms with E-state index < -0.39 is 0 Å². The lowest BCUT2D eigenvalue weighted by Gasteiger charge is -2.16. The Hall–Kier alpha value is -2.92. The summed E-state index contributed by atoms with van der Waals surface area (Å²) in [6.45, 7) is 4.92. The molecule has 1 heterocycles. The lowest BCUT2D eigenvalue weighted by atomic mass is 10.1. The summed E-state index contributed by atoms with van der Waals surface area (Å²) < 4.78 is 5.81. The maximum absolute atomic E-state index is 5.81. The number of benzene rings is 2. The zero-order valence-corrected chi connectivity index (χ0v) is 16.6. The molecule has 146 valence electrons. The predicted molar refractivity (Wildman–Crippen MR) is 115 cm³/mol. The van der Waals surface area contributed by atoms with E-state index in [1.807, 2.05) is 42.6 Å². The molecule has 1 unspecified atom stereocenters. The first-order valence-corrected chi connectivity index (χ1v) is 9.65. The molecule has 2 N–H and O–H groups in total. The van der Waals surface area contributed by atoms with Gasteiger partial charge in [-0.05, 0) is 22.9 Å². The van der Waals surface area contributed by atoms with E-state index in [-0.39, 0.29) is 0 Å². The highest BCUT2D eigenvalue weighted by Crippen LogP contribution is 2.15. The van der Waals surface area contributed by atoms with E-state index in [4.69, 9.17) is 4.74 Å². The van der Waals surface area contributed by atoms with Crippen LogP contribution in [0.5, 0.6) is 0 Å². The fourth-order valence-electron chi connectivity index (χ4n) is 2.99. The Bertz CT molecular complexity index is 890. The second-order valence-electron chi connectivity index (χ2n) is 6.89. The van der Waals surface area contributed by atoms with Gasteiger partial charge in [0, 0.05) is 25.2 Å². The van der Waals surface area contributed by atoms with Gasteiger partial charge in [0.05, 0.1) is 25.5 Å². The minimum Gasteiger partial charge on any atom is -0.376 e. The second-order valence-corrected chi connectivity index (χ2v) is 6.89. The van der Waals surface area contributed by atoms with Gasteiger partial charge in [-0.1, -0.05) is 61.5 Å². The molecule has 5 heteroatoms. The molecular formula is C23H28N4O. The highest BCUT2D eigenvalue weighted by molar-refractivity contribution is 5.85. The number of aromatic nitrogens is 1. The number of rotatable bonds is 8. The van der Waals surface area contributed by atoms with Crippen molar-refractivity contribution in [2.24, 2.45) is 10.9 Å². The first-order chi connectivity index (χ1) is 13.8. The number of nitrogens with zero attached hydrogens (tertiary/aromatic N) is 2. The van der Waals surface area contributed by atoms with Crippen LogP contribution in [0.2, 0.25) is 0 Å². The van der Waals surface area contributed by atoms with Gasteiger partial charge in [-0.25, -0.2) is 0 Å². The molecule has 0 spiro atoms. The van der Waals surface area contributed by atoms with Gasteiger partial charge in [-0.3, -0.25) is 9.98 Å². The molecule has 5 nitrogen and oxygen atoms in total. The molecule has 0 saturated heterocycles. The summed E-state index contributed by atoms with van der Waals surface area (Å²) in [5.74, 6) is 1.14. The Kier molecular flexibility index (Phi) is 7.38. The lowest BCUT2D eigenvalue weighted by Crippen LogP contribution is -2.39. The smallest absolute Gasteiger partial charge is 0.191 e. The van der Waals surface area contributed by atoms with Crippen molar-refractivity contribution in [2.45, 2.75) is 20.1 Å². The average Bonchev–Trinajstić information content (AvgIpc) is 2.74. The molecule has 0 aliphatic heterocycles. The number of ether oxygens (including phenoxy) is 1. The molecule has 1 atom stereocenters. The molecule has 0 aliphatic rings. The van der Waals surface area contributed by atoms with Gasteiger partial charge >= 0.3 is 0 Å². The molecule has 3 aromatic rings. The Morgan fingerprint density at radius 2 is 1.82 bits per heavy atom. The van der Waals surface area contributed by atoms with Gasteiger partial charge in [0.25, 0.3) is 0 Å². The minimum atomic E-state index is 0.373. The summed E-state index contributed by atoms with van der Waals surface area (Å²) >= 11 is 0. The van der Waals surface area contributed by atoms with Crippen molar-refractivity contribution in [2.75, 3.05) is 20.2 Å². The predicted octanol–water partition coefficient (Wildman–Crippen LogP) is 3.75. The van der Waals surface area contributed by atoms with Crippen LogP contribution in [-0.2, 0) is 17.9 Å². The van der Waals surface area contributed by atoms with E-state index in [9.17, 15) is 0 Å². The standard InChI is InChI=1S/C23H28N4O/c1-18(16-28-17-19-8-4-3-5-9-19)14-26-23(24-2)27-15-22-21-11-7-6-10-20(21)12-13-25-22/h3-13,18H,14-17H2,1-2H3,(H2,24,26,27). The summed E-state index contributed by atoms with van der Waals surface area (Å²) in [4.78, 5) is 8.82. The van der Waals surface area contributed by atoms with Crippen LogP contribution in [0.25, 0.3) is 10.8 Å². The van der Waals surface area contributed by atoms with Crippen LogP contribution < -0.4 is 10.6 Å². The maximum Gasteiger partial charge on any atom is 0.191 e. The first kappa shape index (κ1) is 19.8. The number of pyridine rings is 1. The molecule has 2 aromatic carbocycles. The fourth-order valence-corrected chi connectivity index (χ4v) is 2.99. The molecule has 3 rings (SSSR count). The first-order valence-electron chi connectivity index (χ1n) is 9.65. The Balaban J connectivity index is 1.43. The van der Waals surface area contributed by atoms with Crippen LogP contribution in [-0.4, -0.2) is 31.1 Å². The topological polar surface area (TPSA) is 58.5 Å². The number of aliphatic imine (C=N–C) groups is 1. The maximum atomic E-state index is 5.81. The van der Waals surface area contributed by atoms with Gasteiger partial charge in [-0.2, -0.15) is 0 Å². The monoisotopic (exact) mass is 376 g/mol. The lowest BCUT2D eigenvalue weighted by molar-refractivity contribution is 0.0931.